The van der Waals surface area contributed by atoms with Gasteiger partial charge in [-0.25, -0.2) is 15.0 Å². The molecule has 270 valence electrons. The maximum absolute atomic E-state index is 6.87. The summed E-state index contributed by atoms with van der Waals surface area (Å²) in [5, 5.41) is 2.08. The predicted molar refractivity (Wildman–Crippen MR) is 233 cm³/mol. The average Bonchev–Trinajstić information content (AvgIpc) is 3.86. The Kier molecular flexibility index (Phi) is 7.95. The second-order valence-electron chi connectivity index (χ2n) is 14.7. The van der Waals surface area contributed by atoms with Crippen LogP contribution in [0.2, 0.25) is 0 Å². The van der Waals surface area contributed by atoms with Crippen molar-refractivity contribution >= 4 is 44.6 Å². The lowest BCUT2D eigenvalue weighted by atomic mass is 10.0. The van der Waals surface area contributed by atoms with E-state index in [0.29, 0.717) is 17.5 Å². The van der Waals surface area contributed by atoms with Crippen LogP contribution in [0.25, 0.3) is 72.5 Å². The number of anilines is 3. The molecule has 5 heteroatoms. The fourth-order valence-corrected chi connectivity index (χ4v) is 8.36. The van der Waals surface area contributed by atoms with Gasteiger partial charge in [-0.2, -0.15) is 0 Å². The van der Waals surface area contributed by atoms with Crippen LogP contribution in [0.15, 0.2) is 186 Å². The summed E-state index contributed by atoms with van der Waals surface area (Å²) in [5.41, 5.74) is 15.1. The number of allylic oxidation sites excluding steroid dienone is 4. The molecule has 11 rings (SSSR count). The molecule has 0 aliphatic heterocycles. The molecule has 9 aromatic rings. The average molecular weight is 733 g/mol. The number of hydrogen-bond acceptors (Lipinski definition) is 5. The molecule has 0 radical (unpaired) electrons. The Morgan fingerprint density at radius 1 is 0.474 bits per heavy atom. The number of hydrogen-bond donors (Lipinski definition) is 0. The highest BCUT2D eigenvalue weighted by Gasteiger charge is 2.22. The molecule has 5 nitrogen and oxygen atoms in total. The first-order valence-corrected chi connectivity index (χ1v) is 19.5. The summed E-state index contributed by atoms with van der Waals surface area (Å²) in [4.78, 5) is 17.5. The lowest BCUT2D eigenvalue weighted by Crippen LogP contribution is -2.10. The maximum atomic E-state index is 6.87. The fourth-order valence-electron chi connectivity index (χ4n) is 8.36. The molecule has 0 unspecified atom stereocenters. The van der Waals surface area contributed by atoms with E-state index in [-0.39, 0.29) is 0 Å². The predicted octanol–water partition coefficient (Wildman–Crippen LogP) is 13.5. The molecule has 0 N–H and O–H groups in total. The summed E-state index contributed by atoms with van der Waals surface area (Å²) in [5.74, 6) is 1.96. The minimum atomic E-state index is 0.616. The number of nitrogens with zero attached hydrogens (tertiary/aromatic N) is 4. The molecule has 0 bridgehead atoms. The molecule has 0 fully saturated rings. The molecule has 2 aliphatic rings. The Morgan fingerprint density at radius 3 is 1.95 bits per heavy atom. The van der Waals surface area contributed by atoms with Crippen molar-refractivity contribution < 1.29 is 4.42 Å². The van der Waals surface area contributed by atoms with Gasteiger partial charge in [0.2, 0.25) is 0 Å². The van der Waals surface area contributed by atoms with E-state index in [1.165, 1.54) is 33.4 Å². The summed E-state index contributed by atoms with van der Waals surface area (Å²) in [7, 11) is 0. The van der Waals surface area contributed by atoms with Crippen LogP contribution < -0.4 is 4.90 Å². The molecular formula is C52H36N4O. The largest absolute Gasteiger partial charge is 0.454 e. The van der Waals surface area contributed by atoms with Gasteiger partial charge in [-0.05, 0) is 101 Å². The van der Waals surface area contributed by atoms with Crippen molar-refractivity contribution in [1.29, 1.82) is 0 Å². The zero-order valence-corrected chi connectivity index (χ0v) is 31.1. The van der Waals surface area contributed by atoms with Crippen molar-refractivity contribution in [2.75, 3.05) is 4.90 Å². The minimum absolute atomic E-state index is 0.616. The van der Waals surface area contributed by atoms with Crippen molar-refractivity contribution in [2.45, 2.75) is 19.3 Å². The van der Waals surface area contributed by atoms with Crippen LogP contribution >= 0.6 is 0 Å². The summed E-state index contributed by atoms with van der Waals surface area (Å²) in [6.07, 6.45) is 9.43. The molecule has 57 heavy (non-hydrogen) atoms. The van der Waals surface area contributed by atoms with E-state index in [2.05, 4.69) is 175 Å². The lowest BCUT2D eigenvalue weighted by molar-refractivity contribution is 0.669. The molecule has 0 atom stereocenters. The van der Waals surface area contributed by atoms with Crippen molar-refractivity contribution in [2.24, 2.45) is 0 Å². The van der Waals surface area contributed by atoms with Crippen LogP contribution in [0, 0.1) is 0 Å². The quantitative estimate of drug-likeness (QED) is 0.163. The SMILES string of the molecule is C1=CC(c2nc(-c3ccc4c(c3)Cc3ccccc3-4)nc(-c3ccc4c(c3)oc3c(N(c5ccccc5)c5ccc(-c6ccccc6)cc5)cccc34)n2)=CCC1. The maximum Gasteiger partial charge on any atom is 0.164 e. The first kappa shape index (κ1) is 33.0. The fraction of sp³-hybridized carbons (Fsp3) is 0.0577. The van der Waals surface area contributed by atoms with Crippen molar-refractivity contribution in [3.63, 3.8) is 0 Å². The number of aromatic nitrogens is 3. The number of rotatable bonds is 7. The van der Waals surface area contributed by atoms with Crippen LogP contribution in [-0.2, 0) is 6.42 Å². The van der Waals surface area contributed by atoms with Crippen molar-refractivity contribution in [1.82, 2.24) is 15.0 Å². The Balaban J connectivity index is 1.02. The van der Waals surface area contributed by atoms with Gasteiger partial charge < -0.3 is 9.32 Å². The van der Waals surface area contributed by atoms with E-state index >= 15 is 0 Å². The summed E-state index contributed by atoms with van der Waals surface area (Å²) in [6.45, 7) is 0. The van der Waals surface area contributed by atoms with E-state index < -0.39 is 0 Å². The van der Waals surface area contributed by atoms with Gasteiger partial charge in [0.05, 0.1) is 5.69 Å². The van der Waals surface area contributed by atoms with Gasteiger partial charge in [-0.15, -0.1) is 0 Å². The Labute approximate surface area is 331 Å². The number of fused-ring (bicyclic) bond motifs is 6. The van der Waals surface area contributed by atoms with Gasteiger partial charge in [-0.1, -0.05) is 133 Å². The van der Waals surface area contributed by atoms with E-state index in [1.807, 2.05) is 12.1 Å². The van der Waals surface area contributed by atoms with Crippen molar-refractivity contribution in [3.05, 3.63) is 199 Å². The highest BCUT2D eigenvalue weighted by atomic mass is 16.3. The second kappa shape index (κ2) is 13.7. The monoisotopic (exact) mass is 732 g/mol. The zero-order valence-electron chi connectivity index (χ0n) is 31.1. The molecular weight excluding hydrogens is 697 g/mol. The van der Waals surface area contributed by atoms with Crippen LogP contribution in [0.5, 0.6) is 0 Å². The van der Waals surface area contributed by atoms with Gasteiger partial charge in [-0.3, -0.25) is 0 Å². The highest BCUT2D eigenvalue weighted by Crippen LogP contribution is 2.43. The van der Waals surface area contributed by atoms with Gasteiger partial charge in [0.15, 0.2) is 23.1 Å². The highest BCUT2D eigenvalue weighted by molar-refractivity contribution is 6.11. The third-order valence-corrected chi connectivity index (χ3v) is 11.2. The molecule has 0 saturated heterocycles. The van der Waals surface area contributed by atoms with E-state index in [1.54, 1.807) is 0 Å². The summed E-state index contributed by atoms with van der Waals surface area (Å²) in [6, 6.07) is 57.7. The van der Waals surface area contributed by atoms with E-state index in [9.17, 15) is 0 Å². The van der Waals surface area contributed by atoms with Crippen LogP contribution in [0.1, 0.15) is 29.8 Å². The van der Waals surface area contributed by atoms with Crippen molar-refractivity contribution in [3.8, 4) is 45.0 Å². The molecule has 2 heterocycles. The minimum Gasteiger partial charge on any atom is -0.454 e. The van der Waals surface area contributed by atoms with Gasteiger partial charge in [0.25, 0.3) is 0 Å². The second-order valence-corrected chi connectivity index (χ2v) is 14.7. The Bertz CT molecular complexity index is 3030. The zero-order chi connectivity index (χ0) is 37.7. The van der Waals surface area contributed by atoms with Gasteiger partial charge in [0, 0.05) is 38.8 Å². The van der Waals surface area contributed by atoms with Crippen LogP contribution in [-0.4, -0.2) is 15.0 Å². The lowest BCUT2D eigenvalue weighted by Gasteiger charge is -2.25. The smallest absolute Gasteiger partial charge is 0.164 e. The van der Waals surface area contributed by atoms with E-state index in [0.717, 1.165) is 75.0 Å². The third kappa shape index (κ3) is 5.92. The number of para-hydroxylation sites is 2. The van der Waals surface area contributed by atoms with Crippen LogP contribution in [0.4, 0.5) is 17.1 Å². The number of benzene rings is 7. The normalized spacial score (nSPS) is 13.1. The molecule has 0 saturated carbocycles. The standard InChI is InChI=1S/C52H36N4O/c1-4-13-34(14-5-1)35-23-27-42(28-24-35)56(41-18-8-3-9-19-41)47-22-12-21-46-45-30-26-39(33-48(45)57-49(46)47)52-54-50(36-15-6-2-7-16-36)53-51(55-52)38-25-29-44-40(32-38)31-37-17-10-11-20-43(37)44/h1,3-6,8-30,32-33H,2,7,31H2. The summed E-state index contributed by atoms with van der Waals surface area (Å²) < 4.78 is 6.87. The molecule has 7 aromatic carbocycles. The third-order valence-electron chi connectivity index (χ3n) is 11.2. The molecule has 2 aromatic heterocycles. The molecule has 0 amide bonds. The summed E-state index contributed by atoms with van der Waals surface area (Å²) >= 11 is 0. The van der Waals surface area contributed by atoms with Crippen LogP contribution in [0.3, 0.4) is 0 Å². The van der Waals surface area contributed by atoms with Gasteiger partial charge in [0.1, 0.15) is 5.58 Å². The number of furan rings is 1. The topological polar surface area (TPSA) is 55.1 Å². The Hall–Kier alpha value is -7.37. The Morgan fingerprint density at radius 2 is 1.14 bits per heavy atom. The first-order chi connectivity index (χ1) is 28.2. The van der Waals surface area contributed by atoms with Gasteiger partial charge >= 0.3 is 0 Å². The molecule has 2 aliphatic carbocycles. The van der Waals surface area contributed by atoms with E-state index in [4.69, 9.17) is 19.4 Å². The first-order valence-electron chi connectivity index (χ1n) is 19.5. The molecule has 0 spiro atoms.